The lowest BCUT2D eigenvalue weighted by Crippen LogP contribution is -2.32. The van der Waals surface area contributed by atoms with Crippen LogP contribution in [0.25, 0.3) is 0 Å². The van der Waals surface area contributed by atoms with Gasteiger partial charge in [-0.2, -0.15) is 0 Å². The Morgan fingerprint density at radius 2 is 2.29 bits per heavy atom. The molecule has 0 aromatic heterocycles. The molecular formula is C12H16BrNO2S. The second-order valence-corrected chi connectivity index (χ2v) is 6.72. The quantitative estimate of drug-likeness (QED) is 0.839. The summed E-state index contributed by atoms with van der Waals surface area (Å²) in [5.74, 6) is 0.288. The van der Waals surface area contributed by atoms with Gasteiger partial charge in [0.05, 0.1) is 22.7 Å². The number of benzene rings is 1. The van der Waals surface area contributed by atoms with Gasteiger partial charge in [0.2, 0.25) is 0 Å². The number of rotatable bonds is 6. The van der Waals surface area contributed by atoms with Crippen molar-refractivity contribution in [1.29, 1.82) is 0 Å². The predicted octanol–water partition coefficient (Wildman–Crippen LogP) is 1.67. The van der Waals surface area contributed by atoms with Crippen molar-refractivity contribution in [3.63, 3.8) is 0 Å². The van der Waals surface area contributed by atoms with E-state index in [1.807, 2.05) is 24.3 Å². The molecule has 5 heteroatoms. The third kappa shape index (κ3) is 4.50. The fraction of sp³-hybridized carbons (Fsp3) is 0.500. The van der Waals surface area contributed by atoms with E-state index in [-0.39, 0.29) is 5.75 Å². The molecule has 0 amide bonds. The average Bonchev–Trinajstić information content (AvgIpc) is 3.10. The number of nitrogens with one attached hydrogen (secondary N) is 1. The minimum Gasteiger partial charge on any atom is -0.391 e. The molecule has 2 rings (SSSR count). The highest BCUT2D eigenvalue weighted by molar-refractivity contribution is 9.10. The molecule has 1 aliphatic rings. The van der Waals surface area contributed by atoms with Crippen LogP contribution in [0.1, 0.15) is 12.8 Å². The summed E-state index contributed by atoms with van der Waals surface area (Å²) in [5, 5.41) is 13.0. The van der Waals surface area contributed by atoms with E-state index in [9.17, 15) is 9.32 Å². The standard InChI is InChI=1S/C12H16BrNO2S/c13-9-2-1-3-12(6-9)17(16)8-11(15)7-14-10-4-5-10/h1-3,6,10-11,14-15H,4-5,7-8H2. The van der Waals surface area contributed by atoms with E-state index in [0.29, 0.717) is 12.6 Å². The Hall–Kier alpha value is -0.230. The summed E-state index contributed by atoms with van der Waals surface area (Å²) in [6.45, 7) is 0.532. The highest BCUT2D eigenvalue weighted by Crippen LogP contribution is 2.18. The lowest BCUT2D eigenvalue weighted by molar-refractivity contribution is 0.194. The van der Waals surface area contributed by atoms with Crippen molar-refractivity contribution in [3.05, 3.63) is 28.7 Å². The van der Waals surface area contributed by atoms with Crippen molar-refractivity contribution in [2.45, 2.75) is 29.9 Å². The molecule has 3 nitrogen and oxygen atoms in total. The normalized spacial score (nSPS) is 18.9. The van der Waals surface area contributed by atoms with Crippen LogP contribution in [0.3, 0.4) is 0 Å². The van der Waals surface area contributed by atoms with Crippen molar-refractivity contribution < 1.29 is 9.32 Å². The molecule has 0 aliphatic heterocycles. The Bertz CT molecular complexity index is 409. The first kappa shape index (κ1) is 13.2. The molecule has 2 unspecified atom stereocenters. The maximum absolute atomic E-state index is 12.0. The molecule has 0 heterocycles. The van der Waals surface area contributed by atoms with Crippen molar-refractivity contribution in [3.8, 4) is 0 Å². The van der Waals surface area contributed by atoms with Crippen LogP contribution in [0, 0.1) is 0 Å². The predicted molar refractivity (Wildman–Crippen MR) is 72.4 cm³/mol. The molecule has 0 saturated heterocycles. The molecule has 1 fully saturated rings. The minimum absolute atomic E-state index is 0.288. The van der Waals surface area contributed by atoms with E-state index in [1.54, 1.807) is 0 Å². The topological polar surface area (TPSA) is 49.3 Å². The zero-order valence-electron chi connectivity index (χ0n) is 9.43. The summed E-state index contributed by atoms with van der Waals surface area (Å²) in [6, 6.07) is 7.97. The van der Waals surface area contributed by atoms with Crippen LogP contribution < -0.4 is 5.32 Å². The van der Waals surface area contributed by atoms with Crippen LogP contribution in [0.2, 0.25) is 0 Å². The van der Waals surface area contributed by atoms with Crippen LogP contribution in [0.5, 0.6) is 0 Å². The van der Waals surface area contributed by atoms with E-state index in [1.165, 1.54) is 12.8 Å². The molecule has 2 atom stereocenters. The summed E-state index contributed by atoms with van der Waals surface area (Å²) < 4.78 is 12.9. The molecule has 1 saturated carbocycles. The molecule has 1 aromatic carbocycles. The monoisotopic (exact) mass is 317 g/mol. The van der Waals surface area contributed by atoms with E-state index in [2.05, 4.69) is 21.2 Å². The zero-order valence-corrected chi connectivity index (χ0v) is 11.8. The third-order valence-corrected chi connectivity index (χ3v) is 4.58. The number of aliphatic hydroxyl groups excluding tert-OH is 1. The molecule has 2 N–H and O–H groups in total. The Kier molecular flexibility index (Phi) is 4.73. The van der Waals surface area contributed by atoms with Crippen LogP contribution in [0.15, 0.2) is 33.6 Å². The largest absolute Gasteiger partial charge is 0.391 e. The Morgan fingerprint density at radius 3 is 2.94 bits per heavy atom. The van der Waals surface area contributed by atoms with Crippen LogP contribution in [0.4, 0.5) is 0 Å². The fourth-order valence-corrected chi connectivity index (χ4v) is 3.23. The van der Waals surface area contributed by atoms with Gasteiger partial charge in [-0.05, 0) is 31.0 Å². The van der Waals surface area contributed by atoms with Gasteiger partial charge in [-0.15, -0.1) is 0 Å². The second-order valence-electron chi connectivity index (χ2n) is 4.31. The minimum atomic E-state index is -1.14. The molecule has 1 aliphatic carbocycles. The molecule has 94 valence electrons. The third-order valence-electron chi connectivity index (χ3n) is 2.62. The lowest BCUT2D eigenvalue weighted by atomic mass is 10.4. The summed E-state index contributed by atoms with van der Waals surface area (Å²) >= 11 is 3.35. The number of aliphatic hydroxyl groups is 1. The first-order chi connectivity index (χ1) is 8.15. The number of hydrogen-bond donors (Lipinski definition) is 2. The maximum Gasteiger partial charge on any atom is 0.0783 e. The molecule has 0 spiro atoms. The van der Waals surface area contributed by atoms with Gasteiger partial charge in [0.1, 0.15) is 0 Å². The van der Waals surface area contributed by atoms with Gasteiger partial charge in [-0.25, -0.2) is 0 Å². The van der Waals surface area contributed by atoms with E-state index in [4.69, 9.17) is 0 Å². The van der Waals surface area contributed by atoms with Gasteiger partial charge in [0, 0.05) is 22.0 Å². The fourth-order valence-electron chi connectivity index (χ4n) is 1.53. The van der Waals surface area contributed by atoms with Gasteiger partial charge < -0.3 is 10.4 Å². The summed E-state index contributed by atoms with van der Waals surface area (Å²) in [5.41, 5.74) is 0. The van der Waals surface area contributed by atoms with Crippen LogP contribution in [-0.4, -0.2) is 33.8 Å². The van der Waals surface area contributed by atoms with E-state index >= 15 is 0 Å². The van der Waals surface area contributed by atoms with E-state index in [0.717, 1.165) is 9.37 Å². The van der Waals surface area contributed by atoms with Gasteiger partial charge in [-0.3, -0.25) is 4.21 Å². The first-order valence-electron chi connectivity index (χ1n) is 5.70. The van der Waals surface area contributed by atoms with Crippen LogP contribution in [-0.2, 0) is 10.8 Å². The van der Waals surface area contributed by atoms with Crippen molar-refractivity contribution in [2.75, 3.05) is 12.3 Å². The number of hydrogen-bond acceptors (Lipinski definition) is 3. The van der Waals surface area contributed by atoms with Gasteiger partial charge in [0.15, 0.2) is 0 Å². The molecular weight excluding hydrogens is 302 g/mol. The summed E-state index contributed by atoms with van der Waals surface area (Å²) in [7, 11) is -1.14. The Labute approximate surface area is 112 Å². The molecule has 1 aromatic rings. The molecule has 17 heavy (non-hydrogen) atoms. The average molecular weight is 318 g/mol. The molecule has 0 radical (unpaired) electrons. The Morgan fingerprint density at radius 1 is 1.53 bits per heavy atom. The van der Waals surface area contributed by atoms with Gasteiger partial charge in [-0.1, -0.05) is 22.0 Å². The van der Waals surface area contributed by atoms with Gasteiger partial charge >= 0.3 is 0 Å². The first-order valence-corrected chi connectivity index (χ1v) is 7.82. The van der Waals surface area contributed by atoms with Crippen molar-refractivity contribution in [1.82, 2.24) is 5.32 Å². The van der Waals surface area contributed by atoms with Crippen molar-refractivity contribution in [2.24, 2.45) is 0 Å². The Balaban J connectivity index is 1.82. The smallest absolute Gasteiger partial charge is 0.0783 e. The van der Waals surface area contributed by atoms with Crippen molar-refractivity contribution >= 4 is 26.7 Å². The highest BCUT2D eigenvalue weighted by Gasteiger charge is 2.22. The van der Waals surface area contributed by atoms with Gasteiger partial charge in [0.25, 0.3) is 0 Å². The van der Waals surface area contributed by atoms with E-state index < -0.39 is 16.9 Å². The lowest BCUT2D eigenvalue weighted by Gasteiger charge is -2.11. The highest BCUT2D eigenvalue weighted by atomic mass is 79.9. The van der Waals surface area contributed by atoms with Crippen LogP contribution >= 0.6 is 15.9 Å². The zero-order chi connectivity index (χ0) is 12.3. The SMILES string of the molecule is O=S(CC(O)CNC1CC1)c1cccc(Br)c1. The summed E-state index contributed by atoms with van der Waals surface area (Å²) in [4.78, 5) is 0.754. The number of halogens is 1. The second kappa shape index (κ2) is 6.09. The maximum atomic E-state index is 12.0. The summed E-state index contributed by atoms with van der Waals surface area (Å²) in [6.07, 6.45) is 1.85. The molecule has 0 bridgehead atoms.